The number of carbonyl (C=O) groups is 1. The first-order valence-corrected chi connectivity index (χ1v) is 7.25. The lowest BCUT2D eigenvalue weighted by Gasteiger charge is -2.30. The third kappa shape index (κ3) is 3.23. The van der Waals surface area contributed by atoms with E-state index in [2.05, 4.69) is 0 Å². The van der Waals surface area contributed by atoms with Gasteiger partial charge in [-0.3, -0.25) is 4.79 Å². The summed E-state index contributed by atoms with van der Waals surface area (Å²) in [6.07, 6.45) is 5.60. The molecule has 0 aromatic heterocycles. The maximum atomic E-state index is 12.4. The van der Waals surface area contributed by atoms with Gasteiger partial charge in [0.25, 0.3) is 0 Å². The fourth-order valence-corrected chi connectivity index (χ4v) is 3.36. The van der Waals surface area contributed by atoms with Gasteiger partial charge in [-0.2, -0.15) is 0 Å². The molecule has 0 aromatic carbocycles. The van der Waals surface area contributed by atoms with Crippen molar-refractivity contribution in [1.29, 1.82) is 0 Å². The summed E-state index contributed by atoms with van der Waals surface area (Å²) in [5, 5.41) is 0. The SMILES string of the molecule is CN(CC1CCCOC1)C(=O)C1CCCC1CN. The second-order valence-electron chi connectivity index (χ2n) is 5.84. The van der Waals surface area contributed by atoms with Crippen LogP contribution in [0.4, 0.5) is 0 Å². The smallest absolute Gasteiger partial charge is 0.225 e. The number of ether oxygens (including phenoxy) is 1. The van der Waals surface area contributed by atoms with Crippen LogP contribution >= 0.6 is 0 Å². The van der Waals surface area contributed by atoms with Gasteiger partial charge in [-0.1, -0.05) is 6.42 Å². The van der Waals surface area contributed by atoms with Crippen LogP contribution in [0.3, 0.4) is 0 Å². The van der Waals surface area contributed by atoms with E-state index < -0.39 is 0 Å². The summed E-state index contributed by atoms with van der Waals surface area (Å²) in [6.45, 7) is 3.18. The summed E-state index contributed by atoms with van der Waals surface area (Å²) in [7, 11) is 1.93. The zero-order valence-corrected chi connectivity index (χ0v) is 11.4. The minimum Gasteiger partial charge on any atom is -0.381 e. The summed E-state index contributed by atoms with van der Waals surface area (Å²) in [5.74, 6) is 1.39. The Kier molecular flexibility index (Phi) is 5.01. The molecule has 1 heterocycles. The molecule has 2 N–H and O–H groups in total. The number of carbonyl (C=O) groups excluding carboxylic acids is 1. The van der Waals surface area contributed by atoms with Crippen molar-refractivity contribution >= 4 is 5.91 Å². The molecule has 0 bridgehead atoms. The molecule has 18 heavy (non-hydrogen) atoms. The molecule has 1 saturated carbocycles. The molecule has 1 aliphatic heterocycles. The van der Waals surface area contributed by atoms with Crippen molar-refractivity contribution in [2.24, 2.45) is 23.5 Å². The number of nitrogens with two attached hydrogens (primary N) is 1. The second kappa shape index (κ2) is 6.53. The van der Waals surface area contributed by atoms with Crippen LogP contribution < -0.4 is 5.73 Å². The molecule has 3 atom stereocenters. The highest BCUT2D eigenvalue weighted by Gasteiger charge is 2.34. The lowest BCUT2D eigenvalue weighted by Crippen LogP contribution is -2.40. The monoisotopic (exact) mass is 254 g/mol. The predicted octanol–water partition coefficient (Wildman–Crippen LogP) is 1.25. The van der Waals surface area contributed by atoms with E-state index in [4.69, 9.17) is 10.5 Å². The molecule has 2 rings (SSSR count). The number of amides is 1. The lowest BCUT2D eigenvalue weighted by atomic mass is 9.94. The van der Waals surface area contributed by atoms with Crippen LogP contribution in [0, 0.1) is 17.8 Å². The Morgan fingerprint density at radius 1 is 1.33 bits per heavy atom. The van der Waals surface area contributed by atoms with E-state index in [1.165, 1.54) is 6.42 Å². The first-order chi connectivity index (χ1) is 8.72. The van der Waals surface area contributed by atoms with Crippen molar-refractivity contribution in [2.45, 2.75) is 32.1 Å². The highest BCUT2D eigenvalue weighted by atomic mass is 16.5. The Morgan fingerprint density at radius 2 is 2.17 bits per heavy atom. The molecule has 4 nitrogen and oxygen atoms in total. The fraction of sp³-hybridized carbons (Fsp3) is 0.929. The van der Waals surface area contributed by atoms with Crippen LogP contribution in [0.25, 0.3) is 0 Å². The van der Waals surface area contributed by atoms with Crippen molar-refractivity contribution in [3.8, 4) is 0 Å². The Morgan fingerprint density at radius 3 is 2.83 bits per heavy atom. The Labute approximate surface area is 110 Å². The molecule has 1 amide bonds. The van der Waals surface area contributed by atoms with E-state index in [0.29, 0.717) is 24.3 Å². The molecular weight excluding hydrogens is 228 g/mol. The summed E-state index contributed by atoms with van der Waals surface area (Å²) in [6, 6.07) is 0. The number of rotatable bonds is 4. The van der Waals surface area contributed by atoms with E-state index >= 15 is 0 Å². The molecular formula is C14H26N2O2. The van der Waals surface area contributed by atoms with Crippen LogP contribution in [0.5, 0.6) is 0 Å². The number of hydrogen-bond acceptors (Lipinski definition) is 3. The van der Waals surface area contributed by atoms with Gasteiger partial charge >= 0.3 is 0 Å². The van der Waals surface area contributed by atoms with Gasteiger partial charge in [0, 0.05) is 26.1 Å². The highest BCUT2D eigenvalue weighted by Crippen LogP contribution is 2.32. The maximum absolute atomic E-state index is 12.4. The van der Waals surface area contributed by atoms with E-state index in [9.17, 15) is 4.79 Å². The number of nitrogens with zero attached hydrogens (tertiary/aromatic N) is 1. The third-order valence-corrected chi connectivity index (χ3v) is 4.44. The zero-order valence-electron chi connectivity index (χ0n) is 11.4. The standard InChI is InChI=1S/C14H26N2O2/c1-16(9-11-4-3-7-18-10-11)14(17)13-6-2-5-12(13)8-15/h11-13H,2-10,15H2,1H3. The Bertz CT molecular complexity index is 277. The van der Waals surface area contributed by atoms with Gasteiger partial charge in [0.15, 0.2) is 0 Å². The molecule has 2 aliphatic rings. The molecule has 0 radical (unpaired) electrons. The van der Waals surface area contributed by atoms with Crippen molar-refractivity contribution in [2.75, 3.05) is 33.4 Å². The summed E-state index contributed by atoms with van der Waals surface area (Å²) in [5.41, 5.74) is 5.76. The topological polar surface area (TPSA) is 55.6 Å². The first-order valence-electron chi connectivity index (χ1n) is 7.25. The Hall–Kier alpha value is -0.610. The fourth-order valence-electron chi connectivity index (χ4n) is 3.36. The van der Waals surface area contributed by atoms with Crippen LogP contribution in [0.1, 0.15) is 32.1 Å². The minimum absolute atomic E-state index is 0.171. The highest BCUT2D eigenvalue weighted by molar-refractivity contribution is 5.79. The average molecular weight is 254 g/mol. The van der Waals surface area contributed by atoms with Crippen LogP contribution in [0.2, 0.25) is 0 Å². The van der Waals surface area contributed by atoms with Crippen LogP contribution in [0.15, 0.2) is 0 Å². The van der Waals surface area contributed by atoms with Crippen molar-refractivity contribution < 1.29 is 9.53 Å². The van der Waals surface area contributed by atoms with E-state index in [0.717, 1.165) is 45.4 Å². The van der Waals surface area contributed by atoms with Gasteiger partial charge in [-0.25, -0.2) is 0 Å². The first kappa shape index (κ1) is 13.8. The van der Waals surface area contributed by atoms with Crippen LogP contribution in [-0.2, 0) is 9.53 Å². The van der Waals surface area contributed by atoms with Gasteiger partial charge in [-0.05, 0) is 44.1 Å². The average Bonchev–Trinajstić information content (AvgIpc) is 2.87. The third-order valence-electron chi connectivity index (χ3n) is 4.44. The molecule has 2 fully saturated rings. The van der Waals surface area contributed by atoms with E-state index in [1.54, 1.807) is 0 Å². The number of hydrogen-bond donors (Lipinski definition) is 1. The second-order valence-corrected chi connectivity index (χ2v) is 5.84. The molecule has 1 saturated heterocycles. The van der Waals surface area contributed by atoms with Gasteiger partial charge in [0.05, 0.1) is 6.61 Å². The zero-order chi connectivity index (χ0) is 13.0. The molecule has 104 valence electrons. The minimum atomic E-state index is 0.171. The van der Waals surface area contributed by atoms with E-state index in [1.807, 2.05) is 11.9 Å². The quantitative estimate of drug-likeness (QED) is 0.821. The van der Waals surface area contributed by atoms with Crippen LogP contribution in [-0.4, -0.2) is 44.2 Å². The van der Waals surface area contributed by atoms with Gasteiger partial charge < -0.3 is 15.4 Å². The summed E-state index contributed by atoms with van der Waals surface area (Å²) < 4.78 is 5.47. The van der Waals surface area contributed by atoms with Gasteiger partial charge in [0.2, 0.25) is 5.91 Å². The summed E-state index contributed by atoms with van der Waals surface area (Å²) in [4.78, 5) is 14.3. The normalized spacial score (nSPS) is 32.4. The molecule has 0 aromatic rings. The van der Waals surface area contributed by atoms with Gasteiger partial charge in [-0.15, -0.1) is 0 Å². The van der Waals surface area contributed by atoms with Gasteiger partial charge in [0.1, 0.15) is 0 Å². The van der Waals surface area contributed by atoms with Crippen molar-refractivity contribution in [1.82, 2.24) is 4.90 Å². The largest absolute Gasteiger partial charge is 0.381 e. The molecule has 0 spiro atoms. The predicted molar refractivity (Wildman–Crippen MR) is 71.1 cm³/mol. The Balaban J connectivity index is 1.83. The van der Waals surface area contributed by atoms with Crippen molar-refractivity contribution in [3.05, 3.63) is 0 Å². The lowest BCUT2D eigenvalue weighted by molar-refractivity contribution is -0.136. The van der Waals surface area contributed by atoms with Crippen molar-refractivity contribution in [3.63, 3.8) is 0 Å². The molecule has 1 aliphatic carbocycles. The molecule has 3 unspecified atom stereocenters. The van der Waals surface area contributed by atoms with E-state index in [-0.39, 0.29) is 5.92 Å². The molecule has 4 heteroatoms. The summed E-state index contributed by atoms with van der Waals surface area (Å²) >= 11 is 0. The maximum Gasteiger partial charge on any atom is 0.225 e.